The summed E-state index contributed by atoms with van der Waals surface area (Å²) in [7, 11) is 2.10. The molecule has 1 saturated heterocycles. The number of benzene rings is 1. The van der Waals surface area contributed by atoms with E-state index in [1.807, 2.05) is 12.1 Å². The van der Waals surface area contributed by atoms with Gasteiger partial charge >= 0.3 is 0 Å². The van der Waals surface area contributed by atoms with Gasteiger partial charge in [-0.15, -0.1) is 0 Å². The van der Waals surface area contributed by atoms with Crippen molar-refractivity contribution in [3.8, 4) is 0 Å². The number of nitrogens with zero attached hydrogens (tertiary/aromatic N) is 1. The number of morpholine rings is 1. The molecule has 1 aliphatic heterocycles. The summed E-state index contributed by atoms with van der Waals surface area (Å²) in [4.78, 5) is 14.3. The Hall–Kier alpha value is -1.43. The highest BCUT2D eigenvalue weighted by molar-refractivity contribution is 5.81. The molecule has 1 unspecified atom stereocenters. The number of carbonyl (C=O) groups excluding carboxylic acids is 1. The lowest BCUT2D eigenvalue weighted by atomic mass is 10.1. The predicted molar refractivity (Wildman–Crippen MR) is 82.9 cm³/mol. The topological polar surface area (TPSA) is 53.6 Å². The summed E-state index contributed by atoms with van der Waals surface area (Å²) >= 11 is 0. The summed E-state index contributed by atoms with van der Waals surface area (Å²) in [5.41, 5.74) is 2.40. The molecule has 1 fully saturated rings. The van der Waals surface area contributed by atoms with Crippen molar-refractivity contribution in [3.05, 3.63) is 35.4 Å². The van der Waals surface area contributed by atoms with Gasteiger partial charge in [0.25, 0.3) is 0 Å². The van der Waals surface area contributed by atoms with Crippen LogP contribution < -0.4 is 10.6 Å². The van der Waals surface area contributed by atoms with Gasteiger partial charge in [-0.2, -0.15) is 0 Å². The molecule has 116 valence electrons. The molecular formula is C16H25N3O2. The highest BCUT2D eigenvalue weighted by Gasteiger charge is 2.20. The van der Waals surface area contributed by atoms with Gasteiger partial charge in [-0.1, -0.05) is 31.2 Å². The van der Waals surface area contributed by atoms with Crippen LogP contribution in [-0.2, 0) is 22.6 Å². The molecule has 1 atom stereocenters. The molecule has 1 amide bonds. The van der Waals surface area contributed by atoms with E-state index in [0.717, 1.165) is 25.2 Å². The zero-order chi connectivity index (χ0) is 15.1. The maximum atomic E-state index is 12.0. The number of carbonyl (C=O) groups is 1. The predicted octanol–water partition coefficient (Wildman–Crippen LogP) is 0.743. The molecule has 0 spiro atoms. The van der Waals surface area contributed by atoms with E-state index in [0.29, 0.717) is 19.8 Å². The molecule has 1 aromatic rings. The van der Waals surface area contributed by atoms with E-state index in [2.05, 4.69) is 41.6 Å². The lowest BCUT2D eigenvalue weighted by Gasteiger charge is -2.23. The smallest absolute Gasteiger partial charge is 0.239 e. The van der Waals surface area contributed by atoms with Gasteiger partial charge < -0.3 is 20.3 Å². The van der Waals surface area contributed by atoms with E-state index in [-0.39, 0.29) is 11.9 Å². The highest BCUT2D eigenvalue weighted by atomic mass is 16.5. The Bertz CT molecular complexity index is 459. The monoisotopic (exact) mass is 291 g/mol. The molecule has 0 aromatic heterocycles. The van der Waals surface area contributed by atoms with Crippen LogP contribution in [0.15, 0.2) is 24.3 Å². The number of hydrogen-bond donors (Lipinski definition) is 2. The molecule has 0 bridgehead atoms. The molecule has 21 heavy (non-hydrogen) atoms. The van der Waals surface area contributed by atoms with Crippen molar-refractivity contribution in [2.45, 2.75) is 26.1 Å². The van der Waals surface area contributed by atoms with Crippen LogP contribution in [0.5, 0.6) is 0 Å². The van der Waals surface area contributed by atoms with Crippen LogP contribution in [0.25, 0.3) is 0 Å². The second-order valence-corrected chi connectivity index (χ2v) is 5.45. The molecule has 2 N–H and O–H groups in total. The lowest BCUT2D eigenvalue weighted by molar-refractivity contribution is -0.126. The van der Waals surface area contributed by atoms with Crippen molar-refractivity contribution < 1.29 is 9.53 Å². The van der Waals surface area contributed by atoms with E-state index in [1.165, 1.54) is 5.56 Å². The average Bonchev–Trinajstić information content (AvgIpc) is 2.53. The van der Waals surface area contributed by atoms with Crippen LogP contribution in [-0.4, -0.2) is 50.2 Å². The van der Waals surface area contributed by atoms with Crippen LogP contribution in [0.4, 0.5) is 0 Å². The van der Waals surface area contributed by atoms with Crippen molar-refractivity contribution in [1.29, 1.82) is 0 Å². The quantitative estimate of drug-likeness (QED) is 0.812. The van der Waals surface area contributed by atoms with E-state index < -0.39 is 0 Å². The summed E-state index contributed by atoms with van der Waals surface area (Å²) in [6.07, 6.45) is 0. The van der Waals surface area contributed by atoms with Crippen molar-refractivity contribution in [1.82, 2.24) is 15.5 Å². The SMILES string of the molecule is CCN(C)Cc1cccc(CNC(=O)C2COCCN2)c1. The molecule has 0 radical (unpaired) electrons. The Labute approximate surface area is 126 Å². The molecule has 0 aliphatic carbocycles. The Balaban J connectivity index is 1.84. The fourth-order valence-electron chi connectivity index (χ4n) is 2.31. The van der Waals surface area contributed by atoms with Crippen molar-refractivity contribution in [3.63, 3.8) is 0 Å². The molecular weight excluding hydrogens is 266 g/mol. The zero-order valence-corrected chi connectivity index (χ0v) is 12.9. The molecule has 0 saturated carbocycles. The Morgan fingerprint density at radius 3 is 3.00 bits per heavy atom. The maximum Gasteiger partial charge on any atom is 0.239 e. The summed E-state index contributed by atoms with van der Waals surface area (Å²) in [5, 5.41) is 6.12. The standard InChI is InChI=1S/C16H25N3O2/c1-3-19(2)11-14-6-4-5-13(9-14)10-18-16(20)15-12-21-8-7-17-15/h4-6,9,15,17H,3,7-8,10-12H2,1-2H3,(H,18,20). The number of amides is 1. The fraction of sp³-hybridized carbons (Fsp3) is 0.562. The molecule has 1 heterocycles. The zero-order valence-electron chi connectivity index (χ0n) is 12.9. The highest BCUT2D eigenvalue weighted by Crippen LogP contribution is 2.07. The number of hydrogen-bond acceptors (Lipinski definition) is 4. The third kappa shape index (κ3) is 5.12. The minimum absolute atomic E-state index is 0.00535. The average molecular weight is 291 g/mol. The van der Waals surface area contributed by atoms with Crippen LogP contribution in [0.1, 0.15) is 18.1 Å². The molecule has 1 aliphatic rings. The third-order valence-corrected chi connectivity index (χ3v) is 3.69. The first kappa shape index (κ1) is 15.9. The van der Waals surface area contributed by atoms with Gasteiger partial charge in [0.2, 0.25) is 5.91 Å². The second-order valence-electron chi connectivity index (χ2n) is 5.45. The minimum Gasteiger partial charge on any atom is -0.378 e. The van der Waals surface area contributed by atoms with Crippen LogP contribution in [0.3, 0.4) is 0 Å². The number of ether oxygens (including phenoxy) is 1. The van der Waals surface area contributed by atoms with Crippen molar-refractivity contribution in [2.24, 2.45) is 0 Å². The molecule has 5 nitrogen and oxygen atoms in total. The first-order valence-electron chi connectivity index (χ1n) is 7.54. The van der Waals surface area contributed by atoms with Gasteiger partial charge in [0.15, 0.2) is 0 Å². The van der Waals surface area contributed by atoms with Crippen molar-refractivity contribution in [2.75, 3.05) is 33.4 Å². The lowest BCUT2D eigenvalue weighted by Crippen LogP contribution is -2.51. The first-order chi connectivity index (χ1) is 10.2. The Kier molecular flexibility index (Phi) is 6.17. The normalized spacial score (nSPS) is 18.7. The van der Waals surface area contributed by atoms with Crippen molar-refractivity contribution >= 4 is 5.91 Å². The van der Waals surface area contributed by atoms with E-state index >= 15 is 0 Å². The van der Waals surface area contributed by atoms with Gasteiger partial charge in [-0.05, 0) is 24.7 Å². The molecule has 5 heteroatoms. The first-order valence-corrected chi connectivity index (χ1v) is 7.54. The van der Waals surface area contributed by atoms with E-state index in [9.17, 15) is 4.79 Å². The fourth-order valence-corrected chi connectivity index (χ4v) is 2.31. The van der Waals surface area contributed by atoms with Crippen LogP contribution in [0, 0.1) is 0 Å². The third-order valence-electron chi connectivity index (χ3n) is 3.69. The Morgan fingerprint density at radius 1 is 1.48 bits per heavy atom. The maximum absolute atomic E-state index is 12.0. The van der Waals surface area contributed by atoms with Crippen LogP contribution >= 0.6 is 0 Å². The van der Waals surface area contributed by atoms with Gasteiger partial charge in [-0.3, -0.25) is 4.79 Å². The number of rotatable bonds is 6. The van der Waals surface area contributed by atoms with Crippen LogP contribution in [0.2, 0.25) is 0 Å². The second kappa shape index (κ2) is 8.12. The van der Waals surface area contributed by atoms with Gasteiger partial charge in [0.1, 0.15) is 6.04 Å². The summed E-state index contributed by atoms with van der Waals surface area (Å²) in [5.74, 6) is 0.00535. The summed E-state index contributed by atoms with van der Waals surface area (Å²) in [6, 6.07) is 8.13. The number of nitrogens with one attached hydrogen (secondary N) is 2. The minimum atomic E-state index is -0.229. The molecule has 2 rings (SSSR count). The summed E-state index contributed by atoms with van der Waals surface area (Å²) in [6.45, 7) is 6.51. The van der Waals surface area contributed by atoms with Gasteiger partial charge in [-0.25, -0.2) is 0 Å². The van der Waals surface area contributed by atoms with E-state index in [4.69, 9.17) is 4.74 Å². The van der Waals surface area contributed by atoms with E-state index in [1.54, 1.807) is 0 Å². The van der Waals surface area contributed by atoms with Gasteiger partial charge in [0.05, 0.1) is 13.2 Å². The largest absolute Gasteiger partial charge is 0.378 e. The summed E-state index contributed by atoms with van der Waals surface area (Å²) < 4.78 is 5.30. The van der Waals surface area contributed by atoms with Gasteiger partial charge in [0, 0.05) is 19.6 Å². The molecule has 1 aromatic carbocycles. The Morgan fingerprint density at radius 2 is 2.29 bits per heavy atom.